The fourth-order valence-corrected chi connectivity index (χ4v) is 3.13. The zero-order valence-corrected chi connectivity index (χ0v) is 10.7. The highest BCUT2D eigenvalue weighted by molar-refractivity contribution is 7.99. The van der Waals surface area contributed by atoms with Gasteiger partial charge in [0.1, 0.15) is 0 Å². The van der Waals surface area contributed by atoms with Gasteiger partial charge in [-0.05, 0) is 31.0 Å². The molecule has 3 heteroatoms. The zero-order chi connectivity index (χ0) is 11.4. The number of nitrogen functional groups attached to an aromatic ring is 1. The number of hydrogen-bond acceptors (Lipinski definition) is 3. The third kappa shape index (κ3) is 3.16. The molecule has 1 atom stereocenters. The molecular formula is C13H20N2S. The van der Waals surface area contributed by atoms with Gasteiger partial charge in [0.05, 0.1) is 0 Å². The summed E-state index contributed by atoms with van der Waals surface area (Å²) < 4.78 is 0. The molecule has 1 unspecified atom stereocenters. The van der Waals surface area contributed by atoms with Gasteiger partial charge >= 0.3 is 0 Å². The van der Waals surface area contributed by atoms with E-state index in [1.807, 2.05) is 12.1 Å². The van der Waals surface area contributed by atoms with Crippen LogP contribution in [0.1, 0.15) is 12.5 Å². The van der Waals surface area contributed by atoms with Crippen LogP contribution in [-0.2, 0) is 6.42 Å². The molecule has 0 spiro atoms. The van der Waals surface area contributed by atoms with Crippen molar-refractivity contribution >= 4 is 17.4 Å². The Balaban J connectivity index is 1.84. The Morgan fingerprint density at radius 2 is 2.12 bits per heavy atom. The van der Waals surface area contributed by atoms with E-state index < -0.39 is 0 Å². The molecule has 88 valence electrons. The monoisotopic (exact) mass is 236 g/mol. The van der Waals surface area contributed by atoms with E-state index in [1.54, 1.807) is 0 Å². The van der Waals surface area contributed by atoms with Gasteiger partial charge in [-0.2, -0.15) is 11.8 Å². The predicted molar refractivity (Wildman–Crippen MR) is 72.9 cm³/mol. The fraction of sp³-hybridized carbons (Fsp3) is 0.538. The van der Waals surface area contributed by atoms with Crippen molar-refractivity contribution in [1.29, 1.82) is 0 Å². The number of anilines is 1. The summed E-state index contributed by atoms with van der Waals surface area (Å²) >= 11 is 2.07. The maximum Gasteiger partial charge on any atom is 0.0314 e. The summed E-state index contributed by atoms with van der Waals surface area (Å²) in [5, 5.41) is 0. The van der Waals surface area contributed by atoms with Crippen molar-refractivity contribution in [2.24, 2.45) is 0 Å². The molecule has 2 nitrogen and oxygen atoms in total. The number of nitrogens with zero attached hydrogens (tertiary/aromatic N) is 1. The van der Waals surface area contributed by atoms with Gasteiger partial charge < -0.3 is 5.73 Å². The SMILES string of the molecule is CC1CSCCN1CCc1ccc(N)cc1. The highest BCUT2D eigenvalue weighted by Crippen LogP contribution is 2.16. The molecule has 0 radical (unpaired) electrons. The van der Waals surface area contributed by atoms with Crippen molar-refractivity contribution in [2.45, 2.75) is 19.4 Å². The number of benzene rings is 1. The van der Waals surface area contributed by atoms with Crippen LogP contribution in [0.2, 0.25) is 0 Å². The Morgan fingerprint density at radius 1 is 1.38 bits per heavy atom. The van der Waals surface area contributed by atoms with E-state index in [-0.39, 0.29) is 0 Å². The van der Waals surface area contributed by atoms with Gasteiger partial charge in [-0.3, -0.25) is 4.90 Å². The average Bonchev–Trinajstić information content (AvgIpc) is 2.30. The molecule has 0 amide bonds. The maximum absolute atomic E-state index is 5.67. The lowest BCUT2D eigenvalue weighted by Gasteiger charge is -2.32. The maximum atomic E-state index is 5.67. The van der Waals surface area contributed by atoms with Crippen LogP contribution in [0, 0.1) is 0 Å². The molecule has 0 aromatic heterocycles. The predicted octanol–water partition coefficient (Wildman–Crippen LogP) is 2.25. The second kappa shape index (κ2) is 5.60. The van der Waals surface area contributed by atoms with E-state index in [9.17, 15) is 0 Å². The first-order valence-corrected chi connectivity index (χ1v) is 7.07. The number of nitrogens with two attached hydrogens (primary N) is 1. The third-order valence-electron chi connectivity index (χ3n) is 3.17. The summed E-state index contributed by atoms with van der Waals surface area (Å²) in [6.45, 7) is 4.74. The molecule has 1 aliphatic heterocycles. The lowest BCUT2D eigenvalue weighted by atomic mass is 10.1. The van der Waals surface area contributed by atoms with Crippen LogP contribution in [0.3, 0.4) is 0 Å². The molecule has 0 aliphatic carbocycles. The van der Waals surface area contributed by atoms with E-state index >= 15 is 0 Å². The van der Waals surface area contributed by atoms with Gasteiger partial charge in [-0.1, -0.05) is 12.1 Å². The molecule has 0 bridgehead atoms. The summed E-state index contributed by atoms with van der Waals surface area (Å²) in [6.07, 6.45) is 1.13. The molecule has 1 aliphatic rings. The van der Waals surface area contributed by atoms with Crippen LogP contribution < -0.4 is 5.73 Å². The normalized spacial score (nSPS) is 22.2. The van der Waals surface area contributed by atoms with Crippen molar-refractivity contribution in [3.05, 3.63) is 29.8 Å². The smallest absolute Gasteiger partial charge is 0.0314 e. The Bertz CT molecular complexity index is 323. The molecule has 1 fully saturated rings. The minimum Gasteiger partial charge on any atom is -0.399 e. The molecule has 1 aromatic rings. The topological polar surface area (TPSA) is 29.3 Å². The van der Waals surface area contributed by atoms with Gasteiger partial charge in [0.15, 0.2) is 0 Å². The molecule has 1 saturated heterocycles. The molecule has 1 aromatic carbocycles. The van der Waals surface area contributed by atoms with E-state index in [2.05, 4.69) is 35.7 Å². The molecular weight excluding hydrogens is 216 g/mol. The van der Waals surface area contributed by atoms with Gasteiger partial charge in [0, 0.05) is 36.3 Å². The molecule has 2 N–H and O–H groups in total. The second-order valence-electron chi connectivity index (χ2n) is 4.45. The molecule has 0 saturated carbocycles. The van der Waals surface area contributed by atoms with E-state index in [1.165, 1.54) is 30.2 Å². The van der Waals surface area contributed by atoms with E-state index in [4.69, 9.17) is 5.73 Å². The summed E-state index contributed by atoms with van der Waals surface area (Å²) in [7, 11) is 0. The van der Waals surface area contributed by atoms with Crippen LogP contribution in [-0.4, -0.2) is 35.5 Å². The Labute approximate surface area is 102 Å². The number of thioether (sulfide) groups is 1. The summed E-state index contributed by atoms with van der Waals surface area (Å²) in [5.41, 5.74) is 7.92. The molecule has 16 heavy (non-hydrogen) atoms. The minimum atomic E-state index is 0.729. The average molecular weight is 236 g/mol. The number of rotatable bonds is 3. The third-order valence-corrected chi connectivity index (χ3v) is 4.36. The van der Waals surface area contributed by atoms with Crippen LogP contribution in [0.4, 0.5) is 5.69 Å². The first kappa shape index (κ1) is 11.8. The fourth-order valence-electron chi connectivity index (χ4n) is 2.05. The van der Waals surface area contributed by atoms with Crippen LogP contribution in [0.15, 0.2) is 24.3 Å². The van der Waals surface area contributed by atoms with Gasteiger partial charge in [0.25, 0.3) is 0 Å². The Morgan fingerprint density at radius 3 is 2.81 bits per heavy atom. The van der Waals surface area contributed by atoms with Crippen molar-refractivity contribution < 1.29 is 0 Å². The lowest BCUT2D eigenvalue weighted by molar-refractivity contribution is 0.235. The summed E-state index contributed by atoms with van der Waals surface area (Å²) in [5.74, 6) is 2.56. The van der Waals surface area contributed by atoms with Crippen molar-refractivity contribution in [1.82, 2.24) is 4.90 Å². The Hall–Kier alpha value is -0.670. The minimum absolute atomic E-state index is 0.729. The zero-order valence-electron chi connectivity index (χ0n) is 9.86. The van der Waals surface area contributed by atoms with Crippen LogP contribution in [0.25, 0.3) is 0 Å². The van der Waals surface area contributed by atoms with Gasteiger partial charge in [0.2, 0.25) is 0 Å². The first-order valence-electron chi connectivity index (χ1n) is 5.92. The van der Waals surface area contributed by atoms with Gasteiger partial charge in [-0.15, -0.1) is 0 Å². The molecule has 2 rings (SSSR count). The second-order valence-corrected chi connectivity index (χ2v) is 5.60. The lowest BCUT2D eigenvalue weighted by Crippen LogP contribution is -2.41. The highest BCUT2D eigenvalue weighted by atomic mass is 32.2. The standard InChI is InChI=1S/C13H20N2S/c1-11-10-16-9-8-15(11)7-6-12-2-4-13(14)5-3-12/h2-5,11H,6-10,14H2,1H3. The van der Waals surface area contributed by atoms with Crippen molar-refractivity contribution in [3.63, 3.8) is 0 Å². The van der Waals surface area contributed by atoms with Gasteiger partial charge in [-0.25, -0.2) is 0 Å². The highest BCUT2D eigenvalue weighted by Gasteiger charge is 2.17. The van der Waals surface area contributed by atoms with Crippen LogP contribution in [0.5, 0.6) is 0 Å². The van der Waals surface area contributed by atoms with E-state index in [0.717, 1.165) is 18.2 Å². The summed E-state index contributed by atoms with van der Waals surface area (Å²) in [6, 6.07) is 8.99. The Kier molecular flexibility index (Phi) is 4.13. The number of hydrogen-bond donors (Lipinski definition) is 1. The van der Waals surface area contributed by atoms with Crippen molar-refractivity contribution in [2.75, 3.05) is 30.3 Å². The van der Waals surface area contributed by atoms with E-state index in [0.29, 0.717) is 0 Å². The van der Waals surface area contributed by atoms with Crippen molar-refractivity contribution in [3.8, 4) is 0 Å². The largest absolute Gasteiger partial charge is 0.399 e. The summed E-state index contributed by atoms with van der Waals surface area (Å²) in [4.78, 5) is 2.59. The van der Waals surface area contributed by atoms with Crippen LogP contribution >= 0.6 is 11.8 Å². The quantitative estimate of drug-likeness (QED) is 0.816. The molecule has 1 heterocycles. The first-order chi connectivity index (χ1) is 7.75.